The molecule has 1 N–H and O–H groups in total. The molecule has 2 aromatic rings. The van der Waals surface area contributed by atoms with Crippen LogP contribution in [0.25, 0.3) is 11.4 Å². The molecule has 6 heteroatoms. The lowest BCUT2D eigenvalue weighted by Gasteiger charge is -2.12. The van der Waals surface area contributed by atoms with Gasteiger partial charge in [-0.15, -0.1) is 0 Å². The monoisotopic (exact) mass is 362 g/mol. The lowest BCUT2D eigenvalue weighted by Crippen LogP contribution is -2.05. The van der Waals surface area contributed by atoms with E-state index >= 15 is 0 Å². The van der Waals surface area contributed by atoms with Gasteiger partial charge >= 0.3 is 0 Å². The Hall–Kier alpha value is -1.53. The summed E-state index contributed by atoms with van der Waals surface area (Å²) in [6.45, 7) is 0. The van der Waals surface area contributed by atoms with Crippen LogP contribution < -0.4 is 0 Å². The second-order valence-electron chi connectivity index (χ2n) is 4.98. The number of nitrogens with one attached hydrogen (secondary N) is 1. The lowest BCUT2D eigenvalue weighted by atomic mass is 9.96. The van der Waals surface area contributed by atoms with Gasteiger partial charge in [0.25, 0.3) is 0 Å². The normalized spacial score (nSPS) is 18.4. The Morgan fingerprint density at radius 3 is 3.10 bits per heavy atom. The van der Waals surface area contributed by atoms with Gasteiger partial charge in [0.1, 0.15) is 0 Å². The molecular weight excluding hydrogens is 348 g/mol. The van der Waals surface area contributed by atoms with Gasteiger partial charge in [0.05, 0.1) is 0 Å². The molecule has 108 valence electrons. The molecule has 3 rings (SSSR count). The maximum absolute atomic E-state index is 5.28. The maximum atomic E-state index is 5.28. The van der Waals surface area contributed by atoms with E-state index in [0.717, 1.165) is 35.1 Å². The molecule has 0 aliphatic heterocycles. The average molecular weight is 363 g/mol. The summed E-state index contributed by atoms with van der Waals surface area (Å²) >= 11 is 8.75. The fraction of sp³-hybridized carbons (Fsp3) is 0.267. The van der Waals surface area contributed by atoms with Crippen LogP contribution in [-0.4, -0.2) is 21.1 Å². The molecule has 0 bridgehead atoms. The molecule has 1 aliphatic carbocycles. The first-order valence-corrected chi connectivity index (χ1v) is 8.07. The first-order valence-electron chi connectivity index (χ1n) is 6.87. The van der Waals surface area contributed by atoms with Crippen LogP contribution in [0.1, 0.15) is 19.3 Å². The van der Waals surface area contributed by atoms with E-state index < -0.39 is 0 Å². The summed E-state index contributed by atoms with van der Waals surface area (Å²) in [5.74, 6) is 1.20. The minimum atomic E-state index is 0.474. The third-order valence-corrected chi connectivity index (χ3v) is 4.19. The summed E-state index contributed by atoms with van der Waals surface area (Å²) in [5.41, 5.74) is 0.970. The Morgan fingerprint density at radius 2 is 2.33 bits per heavy atom. The molecule has 0 spiro atoms. The lowest BCUT2D eigenvalue weighted by molar-refractivity contribution is 0.622. The summed E-state index contributed by atoms with van der Waals surface area (Å²) in [4.78, 5) is 0. The summed E-state index contributed by atoms with van der Waals surface area (Å²) in [6.07, 6.45) is 9.71. The van der Waals surface area contributed by atoms with E-state index in [4.69, 9.17) is 12.2 Å². The van der Waals surface area contributed by atoms with Crippen molar-refractivity contribution < 1.29 is 0 Å². The minimum absolute atomic E-state index is 0.474. The molecule has 1 atom stereocenters. The van der Waals surface area contributed by atoms with Gasteiger partial charge in [0.2, 0.25) is 4.77 Å². The largest absolute Gasteiger partial charge is 0.250 e. The van der Waals surface area contributed by atoms with Crippen molar-refractivity contribution in [2.75, 3.05) is 0 Å². The first-order chi connectivity index (χ1) is 10.2. The molecule has 1 aromatic heterocycles. The molecule has 1 aliphatic rings. The number of hydrogen-bond donors (Lipinski definition) is 1. The van der Waals surface area contributed by atoms with Crippen molar-refractivity contribution >= 4 is 34.4 Å². The van der Waals surface area contributed by atoms with Crippen molar-refractivity contribution in [1.82, 2.24) is 14.9 Å². The molecular formula is C15H15BrN4S. The summed E-state index contributed by atoms with van der Waals surface area (Å²) in [6, 6.07) is 7.94. The van der Waals surface area contributed by atoms with Gasteiger partial charge in [-0.2, -0.15) is 14.9 Å². The van der Waals surface area contributed by atoms with E-state index in [1.807, 2.05) is 30.5 Å². The van der Waals surface area contributed by atoms with E-state index in [9.17, 15) is 0 Å². The highest BCUT2D eigenvalue weighted by Crippen LogP contribution is 2.22. The fourth-order valence-corrected chi connectivity index (χ4v) is 2.91. The second-order valence-corrected chi connectivity index (χ2v) is 6.29. The molecule has 4 nitrogen and oxygen atoms in total. The predicted octanol–water partition coefficient (Wildman–Crippen LogP) is 4.56. The molecule has 0 fully saturated rings. The van der Waals surface area contributed by atoms with Crippen LogP contribution >= 0.6 is 28.1 Å². The van der Waals surface area contributed by atoms with Gasteiger partial charge in [0.15, 0.2) is 5.82 Å². The van der Waals surface area contributed by atoms with Crippen LogP contribution in [-0.2, 0) is 0 Å². The quantitative estimate of drug-likeness (QED) is 0.494. The number of nitrogens with zero attached hydrogens (tertiary/aromatic N) is 3. The number of hydrogen-bond acceptors (Lipinski definition) is 3. The number of aromatic nitrogens is 3. The summed E-state index contributed by atoms with van der Waals surface area (Å²) in [5, 5.41) is 11.6. The van der Waals surface area contributed by atoms with Gasteiger partial charge in [-0.1, -0.05) is 40.2 Å². The van der Waals surface area contributed by atoms with Crippen LogP contribution in [0, 0.1) is 10.7 Å². The number of H-pyrrole nitrogens is 1. The first kappa shape index (κ1) is 14.4. The van der Waals surface area contributed by atoms with Crippen molar-refractivity contribution in [1.29, 1.82) is 0 Å². The Labute approximate surface area is 136 Å². The van der Waals surface area contributed by atoms with Gasteiger partial charge in [-0.25, -0.2) is 5.10 Å². The molecule has 0 saturated carbocycles. The smallest absolute Gasteiger partial charge is 0.216 e. The minimum Gasteiger partial charge on any atom is -0.250 e. The maximum Gasteiger partial charge on any atom is 0.216 e. The van der Waals surface area contributed by atoms with E-state index in [-0.39, 0.29) is 0 Å². The SMILES string of the molecule is S=c1[nH]nc(-c2cccc(Br)c2)n1/N=C\[C@@H]1CC=CCC1. The van der Waals surface area contributed by atoms with Crippen molar-refractivity contribution in [2.45, 2.75) is 19.3 Å². The molecule has 1 heterocycles. The van der Waals surface area contributed by atoms with Crippen molar-refractivity contribution in [2.24, 2.45) is 11.0 Å². The third-order valence-electron chi connectivity index (χ3n) is 3.44. The van der Waals surface area contributed by atoms with Gasteiger partial charge in [0, 0.05) is 16.3 Å². The number of halogens is 1. The van der Waals surface area contributed by atoms with Crippen molar-refractivity contribution in [3.63, 3.8) is 0 Å². The Balaban J connectivity index is 1.92. The zero-order chi connectivity index (χ0) is 14.7. The van der Waals surface area contributed by atoms with Gasteiger partial charge < -0.3 is 0 Å². The van der Waals surface area contributed by atoms with Crippen molar-refractivity contribution in [3.05, 3.63) is 45.7 Å². The summed E-state index contributed by atoms with van der Waals surface area (Å²) < 4.78 is 3.20. The molecule has 0 saturated heterocycles. The van der Waals surface area contributed by atoms with Crippen LogP contribution in [0.4, 0.5) is 0 Å². The number of aromatic amines is 1. The standard InChI is InChI=1S/C15H15BrN4S/c16-13-8-4-7-12(9-13)14-18-19-15(21)20(14)17-10-11-5-2-1-3-6-11/h1-2,4,7-11H,3,5-6H2,(H,19,21)/b17-10-/t11-/m1/s1. The van der Waals surface area contributed by atoms with E-state index in [0.29, 0.717) is 10.7 Å². The highest BCUT2D eigenvalue weighted by atomic mass is 79.9. The highest BCUT2D eigenvalue weighted by Gasteiger charge is 2.10. The highest BCUT2D eigenvalue weighted by molar-refractivity contribution is 9.10. The van der Waals surface area contributed by atoms with E-state index in [1.54, 1.807) is 4.68 Å². The fourth-order valence-electron chi connectivity index (χ4n) is 2.33. The number of allylic oxidation sites excluding steroid dienone is 2. The summed E-state index contributed by atoms with van der Waals surface area (Å²) in [7, 11) is 0. The van der Waals surface area contributed by atoms with Gasteiger partial charge in [-0.3, -0.25) is 0 Å². The van der Waals surface area contributed by atoms with E-state index in [2.05, 4.69) is 43.4 Å². The third kappa shape index (κ3) is 3.39. The van der Waals surface area contributed by atoms with Crippen LogP contribution in [0.2, 0.25) is 0 Å². The van der Waals surface area contributed by atoms with Gasteiger partial charge in [-0.05, 0) is 49.5 Å². The Kier molecular flexibility index (Phi) is 4.45. The van der Waals surface area contributed by atoms with Crippen LogP contribution in [0.3, 0.4) is 0 Å². The zero-order valence-electron chi connectivity index (χ0n) is 11.4. The predicted molar refractivity (Wildman–Crippen MR) is 90.9 cm³/mol. The molecule has 1 aromatic carbocycles. The number of benzene rings is 1. The van der Waals surface area contributed by atoms with E-state index in [1.165, 1.54) is 0 Å². The molecule has 0 amide bonds. The second kappa shape index (κ2) is 6.49. The molecule has 0 radical (unpaired) electrons. The Bertz CT molecular complexity index is 744. The topological polar surface area (TPSA) is 46.0 Å². The van der Waals surface area contributed by atoms with Crippen LogP contribution in [0.15, 0.2) is 46.0 Å². The molecule has 0 unspecified atom stereocenters. The number of rotatable bonds is 3. The Morgan fingerprint density at radius 1 is 1.43 bits per heavy atom. The zero-order valence-corrected chi connectivity index (χ0v) is 13.8. The molecule has 21 heavy (non-hydrogen) atoms. The average Bonchev–Trinajstić information content (AvgIpc) is 2.87. The van der Waals surface area contributed by atoms with Crippen molar-refractivity contribution in [3.8, 4) is 11.4 Å². The van der Waals surface area contributed by atoms with Crippen LogP contribution in [0.5, 0.6) is 0 Å².